The molecular formula is C16H21Cl2NO5. The SMILES string of the molecule is CC(C)(C)OC(=O)CC(N)C(O)COC(=O)c1c(Cl)cccc1Cl. The molecule has 1 aromatic rings. The monoisotopic (exact) mass is 377 g/mol. The number of hydrogen-bond acceptors (Lipinski definition) is 6. The number of rotatable bonds is 6. The number of halogens is 2. The third kappa shape index (κ3) is 6.65. The van der Waals surface area contributed by atoms with Crippen molar-refractivity contribution in [2.24, 2.45) is 5.73 Å². The predicted octanol–water partition coefficient (Wildman–Crippen LogP) is 2.57. The fourth-order valence-electron chi connectivity index (χ4n) is 1.76. The molecule has 0 aliphatic heterocycles. The Bertz CT molecular complexity index is 580. The van der Waals surface area contributed by atoms with E-state index in [9.17, 15) is 14.7 Å². The van der Waals surface area contributed by atoms with Crippen LogP contribution in [0.15, 0.2) is 18.2 Å². The highest BCUT2D eigenvalue weighted by molar-refractivity contribution is 6.39. The van der Waals surface area contributed by atoms with E-state index in [1.165, 1.54) is 12.1 Å². The Kier molecular flexibility index (Phi) is 7.48. The van der Waals surface area contributed by atoms with E-state index >= 15 is 0 Å². The van der Waals surface area contributed by atoms with E-state index in [2.05, 4.69) is 0 Å². The first kappa shape index (κ1) is 20.7. The van der Waals surface area contributed by atoms with Crippen LogP contribution in [0, 0.1) is 0 Å². The van der Waals surface area contributed by atoms with Gasteiger partial charge in [-0.25, -0.2) is 4.79 Å². The molecular weight excluding hydrogens is 357 g/mol. The van der Waals surface area contributed by atoms with Crippen LogP contribution in [0.5, 0.6) is 0 Å². The second-order valence-corrected chi connectivity index (χ2v) is 7.03. The third-order valence-electron chi connectivity index (χ3n) is 2.87. The lowest BCUT2D eigenvalue weighted by Gasteiger charge is -2.22. The zero-order valence-electron chi connectivity index (χ0n) is 13.7. The topological polar surface area (TPSA) is 98.8 Å². The minimum atomic E-state index is -1.23. The second-order valence-electron chi connectivity index (χ2n) is 6.22. The van der Waals surface area contributed by atoms with Gasteiger partial charge < -0.3 is 20.3 Å². The minimum absolute atomic E-state index is 0.00810. The molecule has 6 nitrogen and oxygen atoms in total. The molecule has 1 rings (SSSR count). The van der Waals surface area contributed by atoms with Crippen molar-refractivity contribution < 1.29 is 24.2 Å². The van der Waals surface area contributed by atoms with Crippen LogP contribution < -0.4 is 5.73 Å². The van der Waals surface area contributed by atoms with Crippen LogP contribution in [0.1, 0.15) is 37.6 Å². The number of carbonyl (C=O) groups is 2. The largest absolute Gasteiger partial charge is 0.460 e. The Hall–Kier alpha value is -1.34. The molecule has 134 valence electrons. The molecule has 0 bridgehead atoms. The molecule has 8 heteroatoms. The van der Waals surface area contributed by atoms with Gasteiger partial charge in [0.2, 0.25) is 0 Å². The summed E-state index contributed by atoms with van der Waals surface area (Å²) in [4.78, 5) is 23.7. The first-order valence-electron chi connectivity index (χ1n) is 7.28. The fourth-order valence-corrected chi connectivity index (χ4v) is 2.31. The van der Waals surface area contributed by atoms with Crippen molar-refractivity contribution >= 4 is 35.1 Å². The van der Waals surface area contributed by atoms with Crippen LogP contribution in [0.3, 0.4) is 0 Å². The highest BCUT2D eigenvalue weighted by Gasteiger charge is 2.25. The smallest absolute Gasteiger partial charge is 0.341 e. The predicted molar refractivity (Wildman–Crippen MR) is 91.2 cm³/mol. The summed E-state index contributed by atoms with van der Waals surface area (Å²) >= 11 is 11.8. The molecule has 0 fully saturated rings. The fraction of sp³-hybridized carbons (Fsp3) is 0.500. The molecule has 0 saturated carbocycles. The average molecular weight is 378 g/mol. The summed E-state index contributed by atoms with van der Waals surface area (Å²) in [6, 6.07) is 3.64. The van der Waals surface area contributed by atoms with Gasteiger partial charge in [-0.3, -0.25) is 4.79 Å². The maximum atomic E-state index is 12.0. The van der Waals surface area contributed by atoms with Gasteiger partial charge in [0.1, 0.15) is 18.3 Å². The van der Waals surface area contributed by atoms with Crippen molar-refractivity contribution in [1.29, 1.82) is 0 Å². The number of hydrogen-bond donors (Lipinski definition) is 2. The van der Waals surface area contributed by atoms with Gasteiger partial charge in [0.05, 0.1) is 22.0 Å². The standard InChI is InChI=1S/C16H21Cl2NO5/c1-16(2,3)24-13(21)7-11(19)12(20)8-23-15(22)14-9(17)5-4-6-10(14)18/h4-6,11-12,20H,7-8,19H2,1-3H3. The van der Waals surface area contributed by atoms with Gasteiger partial charge in [0.25, 0.3) is 0 Å². The molecule has 0 heterocycles. The quantitative estimate of drug-likeness (QED) is 0.739. The van der Waals surface area contributed by atoms with Crippen LogP contribution in [0.25, 0.3) is 0 Å². The number of benzene rings is 1. The van der Waals surface area contributed by atoms with E-state index in [1.807, 2.05) is 0 Å². The summed E-state index contributed by atoms with van der Waals surface area (Å²) < 4.78 is 10.1. The van der Waals surface area contributed by atoms with Crippen LogP contribution in [-0.2, 0) is 14.3 Å². The Balaban J connectivity index is 2.54. The van der Waals surface area contributed by atoms with E-state index < -0.39 is 36.3 Å². The van der Waals surface area contributed by atoms with Gasteiger partial charge >= 0.3 is 11.9 Å². The Morgan fingerprint density at radius 1 is 1.25 bits per heavy atom. The highest BCUT2D eigenvalue weighted by Crippen LogP contribution is 2.25. The molecule has 1 aromatic carbocycles. The van der Waals surface area contributed by atoms with E-state index in [-0.39, 0.29) is 22.0 Å². The Morgan fingerprint density at radius 3 is 2.29 bits per heavy atom. The molecule has 0 aliphatic carbocycles. The molecule has 0 aromatic heterocycles. The number of ether oxygens (including phenoxy) is 2. The Morgan fingerprint density at radius 2 is 1.79 bits per heavy atom. The van der Waals surface area contributed by atoms with Gasteiger partial charge in [-0.05, 0) is 32.9 Å². The number of nitrogens with two attached hydrogens (primary N) is 1. The van der Waals surface area contributed by atoms with Crippen molar-refractivity contribution in [1.82, 2.24) is 0 Å². The van der Waals surface area contributed by atoms with E-state index in [0.29, 0.717) is 0 Å². The number of aliphatic hydroxyl groups is 1. The molecule has 0 aliphatic rings. The summed E-state index contributed by atoms with van der Waals surface area (Å²) in [6.45, 7) is 4.77. The van der Waals surface area contributed by atoms with E-state index in [0.717, 1.165) is 0 Å². The van der Waals surface area contributed by atoms with Crippen LogP contribution in [0.2, 0.25) is 10.0 Å². The highest BCUT2D eigenvalue weighted by atomic mass is 35.5. The molecule has 0 spiro atoms. The maximum absolute atomic E-state index is 12.0. The molecule has 0 radical (unpaired) electrons. The van der Waals surface area contributed by atoms with Crippen LogP contribution in [0.4, 0.5) is 0 Å². The van der Waals surface area contributed by atoms with Gasteiger partial charge in [-0.2, -0.15) is 0 Å². The molecule has 24 heavy (non-hydrogen) atoms. The molecule has 3 N–H and O–H groups in total. The van der Waals surface area contributed by atoms with Crippen molar-refractivity contribution in [3.63, 3.8) is 0 Å². The molecule has 2 atom stereocenters. The van der Waals surface area contributed by atoms with Gasteiger partial charge in [0, 0.05) is 6.04 Å². The van der Waals surface area contributed by atoms with Gasteiger partial charge in [-0.1, -0.05) is 29.3 Å². The Labute approximate surface area is 150 Å². The van der Waals surface area contributed by atoms with Crippen molar-refractivity contribution in [3.8, 4) is 0 Å². The maximum Gasteiger partial charge on any atom is 0.341 e. The first-order valence-corrected chi connectivity index (χ1v) is 8.03. The molecule has 0 amide bonds. The van der Waals surface area contributed by atoms with E-state index in [1.54, 1.807) is 26.8 Å². The summed E-state index contributed by atoms with van der Waals surface area (Å²) in [5.41, 5.74) is 5.09. The zero-order chi connectivity index (χ0) is 18.5. The first-order chi connectivity index (χ1) is 11.0. The van der Waals surface area contributed by atoms with Crippen molar-refractivity contribution in [2.45, 2.75) is 44.9 Å². The zero-order valence-corrected chi connectivity index (χ0v) is 15.2. The summed E-state index contributed by atoms with van der Waals surface area (Å²) in [6.07, 6.45) is -1.44. The number of carbonyl (C=O) groups excluding carboxylic acids is 2. The van der Waals surface area contributed by atoms with Crippen molar-refractivity contribution in [2.75, 3.05) is 6.61 Å². The van der Waals surface area contributed by atoms with Crippen LogP contribution >= 0.6 is 23.2 Å². The normalized spacial score (nSPS) is 14.0. The van der Waals surface area contributed by atoms with Crippen LogP contribution in [-0.4, -0.2) is 41.4 Å². The second kappa shape index (κ2) is 8.67. The lowest BCUT2D eigenvalue weighted by Crippen LogP contribution is -2.41. The number of esters is 2. The van der Waals surface area contributed by atoms with Gasteiger partial charge in [-0.15, -0.1) is 0 Å². The summed E-state index contributed by atoms with van der Waals surface area (Å²) in [5.74, 6) is -1.33. The molecule has 2 unspecified atom stereocenters. The number of aliphatic hydroxyl groups excluding tert-OH is 1. The summed E-state index contributed by atoms with van der Waals surface area (Å²) in [7, 11) is 0. The van der Waals surface area contributed by atoms with Gasteiger partial charge in [0.15, 0.2) is 0 Å². The lowest BCUT2D eigenvalue weighted by molar-refractivity contribution is -0.156. The minimum Gasteiger partial charge on any atom is -0.460 e. The molecule has 0 saturated heterocycles. The average Bonchev–Trinajstić information content (AvgIpc) is 2.42. The van der Waals surface area contributed by atoms with Crippen molar-refractivity contribution in [3.05, 3.63) is 33.8 Å². The third-order valence-corrected chi connectivity index (χ3v) is 3.50. The van der Waals surface area contributed by atoms with E-state index in [4.69, 9.17) is 38.4 Å². The lowest BCUT2D eigenvalue weighted by atomic mass is 10.1. The summed E-state index contributed by atoms with van der Waals surface area (Å²) in [5, 5.41) is 10.2.